The van der Waals surface area contributed by atoms with E-state index < -0.39 is 6.09 Å². The fourth-order valence-corrected chi connectivity index (χ4v) is 5.20. The number of hydrogen-bond donors (Lipinski definition) is 1. The molecule has 0 aliphatic heterocycles. The van der Waals surface area contributed by atoms with Gasteiger partial charge in [-0.2, -0.15) is 0 Å². The Morgan fingerprint density at radius 1 is 0.743 bits per heavy atom. The van der Waals surface area contributed by atoms with Gasteiger partial charge < -0.3 is 10.1 Å². The number of carbonyl (C=O) groups is 1. The molecule has 0 bridgehead atoms. The Hall–Kier alpha value is -4.37. The largest absolute Gasteiger partial charge is 0.449 e. The van der Waals surface area contributed by atoms with Crippen molar-refractivity contribution in [3.8, 4) is 11.1 Å². The average Bonchev–Trinajstić information content (AvgIpc) is 3.23. The van der Waals surface area contributed by atoms with Crippen molar-refractivity contribution in [3.63, 3.8) is 0 Å². The monoisotopic (exact) mass is 455 g/mol. The highest BCUT2D eigenvalue weighted by Gasteiger charge is 2.28. The molecule has 35 heavy (non-hydrogen) atoms. The molecule has 0 heterocycles. The van der Waals surface area contributed by atoms with Gasteiger partial charge in [0.05, 0.1) is 0 Å². The van der Waals surface area contributed by atoms with Gasteiger partial charge in [-0.25, -0.2) is 4.79 Å². The Balaban J connectivity index is 1.12. The molecule has 170 valence electrons. The molecule has 1 aliphatic rings. The van der Waals surface area contributed by atoms with Gasteiger partial charge in [-0.15, -0.1) is 0 Å². The number of nitrogens with one attached hydrogen (secondary N) is 1. The van der Waals surface area contributed by atoms with Crippen LogP contribution in [-0.2, 0) is 4.74 Å². The quantitative estimate of drug-likeness (QED) is 0.278. The number of fused-ring (bicyclic) bond motifs is 6. The first-order valence-corrected chi connectivity index (χ1v) is 12.0. The van der Waals surface area contributed by atoms with Gasteiger partial charge in [0.1, 0.15) is 6.61 Å². The van der Waals surface area contributed by atoms with Crippen LogP contribution in [0.25, 0.3) is 38.7 Å². The van der Waals surface area contributed by atoms with Crippen LogP contribution in [-0.4, -0.2) is 19.2 Å². The van der Waals surface area contributed by atoms with Gasteiger partial charge in [-0.05, 0) is 55.4 Å². The number of amides is 1. The lowest BCUT2D eigenvalue weighted by Crippen LogP contribution is -2.26. The zero-order valence-electron chi connectivity index (χ0n) is 19.3. The SMILES string of the molecule is O=C(NCC=Cc1cc2ccccc2c2ccccc12)OCC1c2ccccc2-c2ccccc21. The van der Waals surface area contributed by atoms with Crippen molar-refractivity contribution in [2.45, 2.75) is 5.92 Å². The second kappa shape index (κ2) is 9.11. The van der Waals surface area contributed by atoms with Gasteiger partial charge in [0.2, 0.25) is 0 Å². The zero-order valence-corrected chi connectivity index (χ0v) is 19.3. The highest BCUT2D eigenvalue weighted by Crippen LogP contribution is 2.44. The average molecular weight is 456 g/mol. The van der Waals surface area contributed by atoms with Crippen LogP contribution in [0.15, 0.2) is 109 Å². The van der Waals surface area contributed by atoms with Gasteiger partial charge in [0.15, 0.2) is 0 Å². The summed E-state index contributed by atoms with van der Waals surface area (Å²) in [6.07, 6.45) is 3.64. The molecule has 1 N–H and O–H groups in total. The van der Waals surface area contributed by atoms with Crippen molar-refractivity contribution in [2.75, 3.05) is 13.2 Å². The van der Waals surface area contributed by atoms with E-state index >= 15 is 0 Å². The lowest BCUT2D eigenvalue weighted by atomic mass is 9.97. The van der Waals surface area contributed by atoms with Gasteiger partial charge >= 0.3 is 6.09 Å². The third-order valence-corrected chi connectivity index (χ3v) is 6.81. The Labute approximate surface area is 204 Å². The maximum absolute atomic E-state index is 12.5. The van der Waals surface area contributed by atoms with Gasteiger partial charge in [0, 0.05) is 12.5 Å². The van der Waals surface area contributed by atoms with Crippen molar-refractivity contribution in [1.82, 2.24) is 5.32 Å². The molecule has 0 unspecified atom stereocenters. The van der Waals surface area contributed by atoms with E-state index in [2.05, 4.69) is 102 Å². The van der Waals surface area contributed by atoms with E-state index in [0.717, 1.165) is 5.56 Å². The highest BCUT2D eigenvalue weighted by atomic mass is 16.5. The molecule has 0 aromatic heterocycles. The second-order valence-corrected chi connectivity index (χ2v) is 8.84. The predicted molar refractivity (Wildman–Crippen MR) is 144 cm³/mol. The molecule has 0 atom stereocenters. The Bertz CT molecular complexity index is 1540. The first kappa shape index (κ1) is 21.2. The molecule has 0 saturated heterocycles. The minimum atomic E-state index is -0.403. The van der Waals surface area contributed by atoms with Crippen molar-refractivity contribution in [2.24, 2.45) is 0 Å². The molecule has 6 rings (SSSR count). The molecule has 0 radical (unpaired) electrons. The molecular formula is C32H25NO2. The summed E-state index contributed by atoms with van der Waals surface area (Å²) in [6, 6.07) is 35.7. The fourth-order valence-electron chi connectivity index (χ4n) is 5.20. The van der Waals surface area contributed by atoms with Crippen molar-refractivity contribution >= 4 is 33.7 Å². The number of ether oxygens (including phenoxy) is 1. The summed E-state index contributed by atoms with van der Waals surface area (Å²) in [5.41, 5.74) is 6.01. The van der Waals surface area contributed by atoms with Crippen LogP contribution in [0.5, 0.6) is 0 Å². The lowest BCUT2D eigenvalue weighted by Gasteiger charge is -2.14. The molecule has 1 aliphatic carbocycles. The molecule has 3 heteroatoms. The highest BCUT2D eigenvalue weighted by molar-refractivity contribution is 6.10. The Morgan fingerprint density at radius 3 is 2.09 bits per heavy atom. The molecule has 0 spiro atoms. The Kier molecular flexibility index (Phi) is 5.51. The first-order valence-electron chi connectivity index (χ1n) is 12.0. The first-order chi connectivity index (χ1) is 17.3. The standard InChI is InChI=1S/C32H25NO2/c34-32(35-21-31-29-17-7-5-15-27(29)28-16-6-8-18-30(28)31)33-19-9-11-23-20-22-10-1-2-12-24(22)26-14-4-3-13-25(23)26/h1-18,20,31H,19,21H2,(H,33,34). The van der Waals surface area contributed by atoms with Gasteiger partial charge in [-0.3, -0.25) is 0 Å². The number of benzene rings is 5. The topological polar surface area (TPSA) is 38.3 Å². The summed E-state index contributed by atoms with van der Waals surface area (Å²) < 4.78 is 5.64. The Morgan fingerprint density at radius 2 is 1.34 bits per heavy atom. The number of carbonyl (C=O) groups excluding carboxylic acids is 1. The lowest BCUT2D eigenvalue weighted by molar-refractivity contribution is 0.144. The van der Waals surface area contributed by atoms with Crippen molar-refractivity contribution in [1.29, 1.82) is 0 Å². The minimum Gasteiger partial charge on any atom is -0.449 e. The molecule has 0 saturated carbocycles. The van der Waals surface area contributed by atoms with Crippen LogP contribution in [0.3, 0.4) is 0 Å². The van der Waals surface area contributed by atoms with E-state index in [1.165, 1.54) is 43.8 Å². The van der Waals surface area contributed by atoms with Crippen LogP contribution in [0.2, 0.25) is 0 Å². The van der Waals surface area contributed by atoms with Gasteiger partial charge in [0.25, 0.3) is 0 Å². The van der Waals surface area contributed by atoms with E-state index in [0.29, 0.717) is 13.2 Å². The molecule has 3 nitrogen and oxygen atoms in total. The third-order valence-electron chi connectivity index (χ3n) is 6.81. The fraction of sp³-hybridized carbons (Fsp3) is 0.0938. The van der Waals surface area contributed by atoms with E-state index in [1.807, 2.05) is 18.2 Å². The van der Waals surface area contributed by atoms with Crippen molar-refractivity contribution < 1.29 is 9.53 Å². The van der Waals surface area contributed by atoms with Crippen LogP contribution >= 0.6 is 0 Å². The van der Waals surface area contributed by atoms with E-state index in [9.17, 15) is 4.79 Å². The maximum atomic E-state index is 12.5. The molecule has 1 amide bonds. The van der Waals surface area contributed by atoms with Gasteiger partial charge in [-0.1, -0.05) is 109 Å². The van der Waals surface area contributed by atoms with Crippen LogP contribution < -0.4 is 5.32 Å². The minimum absolute atomic E-state index is 0.0626. The normalized spacial score (nSPS) is 12.7. The molecular weight excluding hydrogens is 430 g/mol. The van der Waals surface area contributed by atoms with E-state index in [-0.39, 0.29) is 5.92 Å². The van der Waals surface area contributed by atoms with Crippen LogP contribution in [0.1, 0.15) is 22.6 Å². The zero-order chi connectivity index (χ0) is 23.6. The summed E-state index contributed by atoms with van der Waals surface area (Å²) in [5.74, 6) is 0.0626. The number of alkyl carbamates (subject to hydrolysis) is 1. The molecule has 5 aromatic carbocycles. The number of hydrogen-bond acceptors (Lipinski definition) is 2. The van der Waals surface area contributed by atoms with Crippen LogP contribution in [0, 0.1) is 0 Å². The third kappa shape index (κ3) is 3.95. The van der Waals surface area contributed by atoms with Crippen molar-refractivity contribution in [3.05, 3.63) is 126 Å². The van der Waals surface area contributed by atoms with E-state index in [1.54, 1.807) is 0 Å². The van der Waals surface area contributed by atoms with E-state index in [4.69, 9.17) is 4.74 Å². The maximum Gasteiger partial charge on any atom is 0.407 e. The summed E-state index contributed by atoms with van der Waals surface area (Å²) in [5, 5.41) is 7.74. The predicted octanol–water partition coefficient (Wildman–Crippen LogP) is 7.54. The summed E-state index contributed by atoms with van der Waals surface area (Å²) in [4.78, 5) is 12.5. The molecule has 0 fully saturated rings. The summed E-state index contributed by atoms with van der Waals surface area (Å²) in [6.45, 7) is 0.719. The smallest absolute Gasteiger partial charge is 0.407 e. The molecule has 5 aromatic rings. The van der Waals surface area contributed by atoms with Crippen LogP contribution in [0.4, 0.5) is 4.79 Å². The number of rotatable bonds is 5. The summed E-state index contributed by atoms with van der Waals surface area (Å²) >= 11 is 0. The summed E-state index contributed by atoms with van der Waals surface area (Å²) in [7, 11) is 0. The second-order valence-electron chi connectivity index (χ2n) is 8.84.